The van der Waals surface area contributed by atoms with Gasteiger partial charge in [-0.05, 0) is 59.5 Å². The van der Waals surface area contributed by atoms with Crippen molar-refractivity contribution in [3.05, 3.63) is 26.8 Å². The second kappa shape index (κ2) is 6.28. The lowest BCUT2D eigenvalue weighted by Crippen LogP contribution is -2.27. The summed E-state index contributed by atoms with van der Waals surface area (Å²) in [6, 6.07) is 6.82. The van der Waals surface area contributed by atoms with Crippen molar-refractivity contribution in [2.75, 3.05) is 5.32 Å². The van der Waals surface area contributed by atoms with E-state index in [1.165, 1.54) is 35.7 Å². The van der Waals surface area contributed by atoms with Gasteiger partial charge < -0.3 is 5.32 Å². The first-order valence-electron chi connectivity index (χ1n) is 6.40. The van der Waals surface area contributed by atoms with E-state index in [0.717, 1.165) is 16.6 Å². The molecule has 2 unspecified atom stereocenters. The van der Waals surface area contributed by atoms with Crippen LogP contribution in [0.1, 0.15) is 39.0 Å². The van der Waals surface area contributed by atoms with Crippen molar-refractivity contribution in [3.63, 3.8) is 0 Å². The Hall–Kier alpha value is 0.0400. The van der Waals surface area contributed by atoms with E-state index in [4.69, 9.17) is 11.6 Å². The van der Waals surface area contributed by atoms with Crippen LogP contribution in [-0.2, 0) is 0 Å². The highest BCUT2D eigenvalue weighted by Gasteiger charge is 2.20. The molecule has 1 aromatic carbocycles. The van der Waals surface area contributed by atoms with Gasteiger partial charge in [0.05, 0.1) is 10.7 Å². The lowest BCUT2D eigenvalue weighted by molar-refractivity contribution is 0.327. The third-order valence-electron chi connectivity index (χ3n) is 3.65. The van der Waals surface area contributed by atoms with Crippen molar-refractivity contribution < 1.29 is 0 Å². The van der Waals surface area contributed by atoms with Gasteiger partial charge >= 0.3 is 0 Å². The molecule has 0 bridgehead atoms. The summed E-state index contributed by atoms with van der Waals surface area (Å²) in [5.74, 6) is 0.892. The van der Waals surface area contributed by atoms with E-state index in [-0.39, 0.29) is 0 Å². The van der Waals surface area contributed by atoms with Gasteiger partial charge in [-0.1, -0.05) is 37.8 Å². The quantitative estimate of drug-likeness (QED) is 0.716. The maximum absolute atomic E-state index is 6.25. The molecule has 0 heterocycles. The highest BCUT2D eigenvalue weighted by Crippen LogP contribution is 2.31. The van der Waals surface area contributed by atoms with Gasteiger partial charge in [-0.3, -0.25) is 0 Å². The maximum Gasteiger partial charge on any atom is 0.0648 e. The lowest BCUT2D eigenvalue weighted by atomic mass is 9.84. The average molecular weight is 364 g/mol. The predicted molar refractivity (Wildman–Crippen MR) is 83.8 cm³/mol. The van der Waals surface area contributed by atoms with Crippen LogP contribution in [-0.4, -0.2) is 6.04 Å². The molecule has 0 amide bonds. The molecule has 1 fully saturated rings. The Bertz CT molecular complexity index is 380. The molecule has 1 saturated carbocycles. The van der Waals surface area contributed by atoms with E-state index < -0.39 is 0 Å². The maximum atomic E-state index is 6.25. The molecule has 1 N–H and O–H groups in total. The third kappa shape index (κ3) is 3.75. The molecule has 0 spiro atoms. The molecule has 1 nitrogen and oxygen atoms in total. The van der Waals surface area contributed by atoms with Gasteiger partial charge in [-0.15, -0.1) is 0 Å². The van der Waals surface area contributed by atoms with Crippen LogP contribution in [0.15, 0.2) is 18.2 Å². The smallest absolute Gasteiger partial charge is 0.0648 e. The van der Waals surface area contributed by atoms with Gasteiger partial charge in [0.1, 0.15) is 0 Å². The minimum absolute atomic E-state index is 0.603. The molecule has 2 atom stereocenters. The molecule has 2 rings (SSSR count). The van der Waals surface area contributed by atoms with Crippen molar-refractivity contribution >= 4 is 39.9 Å². The van der Waals surface area contributed by atoms with E-state index in [2.05, 4.69) is 47.0 Å². The minimum Gasteiger partial charge on any atom is -0.381 e. The molecule has 1 aromatic rings. The summed E-state index contributed by atoms with van der Waals surface area (Å²) in [6.45, 7) is 2.30. The Morgan fingerprint density at radius 1 is 1.41 bits per heavy atom. The molecule has 1 aliphatic carbocycles. The van der Waals surface area contributed by atoms with Crippen molar-refractivity contribution in [1.82, 2.24) is 0 Å². The van der Waals surface area contributed by atoms with Gasteiger partial charge in [0.15, 0.2) is 0 Å². The minimum atomic E-state index is 0.603. The Kier molecular flexibility index (Phi) is 4.97. The highest BCUT2D eigenvalue weighted by atomic mass is 127. The van der Waals surface area contributed by atoms with Crippen molar-refractivity contribution in [2.24, 2.45) is 5.92 Å². The molecule has 3 heteroatoms. The number of benzene rings is 1. The zero-order valence-corrected chi connectivity index (χ0v) is 13.1. The summed E-state index contributed by atoms with van der Waals surface area (Å²) in [4.78, 5) is 0. The first-order valence-corrected chi connectivity index (χ1v) is 7.86. The van der Waals surface area contributed by atoms with Crippen molar-refractivity contribution in [2.45, 2.75) is 45.1 Å². The molecule has 0 aromatic heterocycles. The first-order chi connectivity index (χ1) is 8.19. The zero-order chi connectivity index (χ0) is 12.3. The van der Waals surface area contributed by atoms with E-state index in [0.29, 0.717) is 6.04 Å². The summed E-state index contributed by atoms with van der Waals surface area (Å²) in [7, 11) is 0. The van der Waals surface area contributed by atoms with Crippen LogP contribution in [0.5, 0.6) is 0 Å². The molecule has 0 radical (unpaired) electrons. The normalized spacial score (nSPS) is 24.6. The van der Waals surface area contributed by atoms with E-state index in [9.17, 15) is 0 Å². The number of nitrogens with one attached hydrogen (secondary N) is 1. The molecular formula is C14H19ClIN. The standard InChI is InChI=1S/C14H19ClIN/c1-2-10-4-3-5-12(8-10)17-14-7-6-11(16)9-13(14)15/h6-7,9-10,12,17H,2-5,8H2,1H3. The second-order valence-corrected chi connectivity index (χ2v) is 6.56. The van der Waals surface area contributed by atoms with Crippen LogP contribution >= 0.6 is 34.2 Å². The molecule has 17 heavy (non-hydrogen) atoms. The van der Waals surface area contributed by atoms with Crippen molar-refractivity contribution in [1.29, 1.82) is 0 Å². The van der Waals surface area contributed by atoms with Gasteiger partial charge in [0, 0.05) is 9.61 Å². The van der Waals surface area contributed by atoms with Crippen LogP contribution in [0.4, 0.5) is 5.69 Å². The lowest BCUT2D eigenvalue weighted by Gasteiger charge is -2.30. The number of hydrogen-bond donors (Lipinski definition) is 1. The second-order valence-electron chi connectivity index (χ2n) is 4.91. The zero-order valence-electron chi connectivity index (χ0n) is 10.2. The monoisotopic (exact) mass is 363 g/mol. The van der Waals surface area contributed by atoms with Crippen LogP contribution in [0.3, 0.4) is 0 Å². The summed E-state index contributed by atoms with van der Waals surface area (Å²) in [6.07, 6.45) is 6.61. The van der Waals surface area contributed by atoms with E-state index in [1.807, 2.05) is 6.07 Å². The fourth-order valence-corrected chi connectivity index (χ4v) is 3.53. The number of rotatable bonds is 3. The summed E-state index contributed by atoms with van der Waals surface area (Å²) >= 11 is 8.54. The highest BCUT2D eigenvalue weighted by molar-refractivity contribution is 14.1. The average Bonchev–Trinajstić information content (AvgIpc) is 2.33. The number of halogens is 2. The fraction of sp³-hybridized carbons (Fsp3) is 0.571. The Balaban J connectivity index is 2.00. The van der Waals surface area contributed by atoms with Gasteiger partial charge in [0.2, 0.25) is 0 Å². The summed E-state index contributed by atoms with van der Waals surface area (Å²) in [5.41, 5.74) is 1.09. The van der Waals surface area contributed by atoms with Gasteiger partial charge in [0.25, 0.3) is 0 Å². The van der Waals surface area contributed by atoms with Gasteiger partial charge in [-0.2, -0.15) is 0 Å². The van der Waals surface area contributed by atoms with Crippen molar-refractivity contribution in [3.8, 4) is 0 Å². The summed E-state index contributed by atoms with van der Waals surface area (Å²) < 4.78 is 1.19. The number of anilines is 1. The fourth-order valence-electron chi connectivity index (χ4n) is 2.62. The van der Waals surface area contributed by atoms with Crippen LogP contribution < -0.4 is 5.32 Å². The van der Waals surface area contributed by atoms with Crippen LogP contribution in [0.25, 0.3) is 0 Å². The van der Waals surface area contributed by atoms with Crippen LogP contribution in [0, 0.1) is 9.49 Å². The molecule has 0 aliphatic heterocycles. The summed E-state index contributed by atoms with van der Waals surface area (Å²) in [5, 5.41) is 4.45. The molecule has 94 valence electrons. The largest absolute Gasteiger partial charge is 0.381 e. The third-order valence-corrected chi connectivity index (χ3v) is 4.63. The van der Waals surface area contributed by atoms with Gasteiger partial charge in [-0.25, -0.2) is 0 Å². The number of hydrogen-bond acceptors (Lipinski definition) is 1. The Morgan fingerprint density at radius 2 is 2.24 bits per heavy atom. The molecular weight excluding hydrogens is 345 g/mol. The predicted octanol–water partition coefficient (Wildman–Crippen LogP) is 5.33. The first kappa shape index (κ1) is 13.5. The topological polar surface area (TPSA) is 12.0 Å². The SMILES string of the molecule is CCC1CCCC(Nc2ccc(I)cc2Cl)C1. The molecule has 1 aliphatic rings. The Morgan fingerprint density at radius 3 is 2.94 bits per heavy atom. The van der Waals surface area contributed by atoms with Crippen LogP contribution in [0.2, 0.25) is 5.02 Å². The van der Waals surface area contributed by atoms with E-state index >= 15 is 0 Å². The van der Waals surface area contributed by atoms with E-state index in [1.54, 1.807) is 0 Å². The Labute approximate surface area is 122 Å². The molecule has 0 saturated heterocycles.